The highest BCUT2D eigenvalue weighted by Crippen LogP contribution is 2.41. The molecule has 2 aliphatic heterocycles. The summed E-state index contributed by atoms with van der Waals surface area (Å²) >= 11 is 3.12. The Balaban J connectivity index is 0.000000190. The Kier molecular flexibility index (Phi) is 13.4. The quantitative estimate of drug-likeness (QED) is 0.0910. The fourth-order valence-corrected chi connectivity index (χ4v) is 7.83. The Morgan fingerprint density at radius 3 is 1.77 bits per heavy atom. The van der Waals surface area contributed by atoms with E-state index in [0.29, 0.717) is 17.8 Å². The molecule has 0 radical (unpaired) electrons. The van der Waals surface area contributed by atoms with Crippen LogP contribution in [0.3, 0.4) is 0 Å². The van der Waals surface area contributed by atoms with Crippen molar-refractivity contribution in [3.63, 3.8) is 0 Å². The maximum absolute atomic E-state index is 12.3. The fourth-order valence-electron chi connectivity index (χ4n) is 5.46. The minimum absolute atomic E-state index is 0.316. The molecule has 4 amide bonds. The van der Waals surface area contributed by atoms with Gasteiger partial charge in [-0.1, -0.05) is 49.2 Å². The van der Waals surface area contributed by atoms with Gasteiger partial charge in [-0.15, -0.1) is 22.7 Å². The molecule has 0 spiro atoms. The zero-order chi connectivity index (χ0) is 34.6. The van der Waals surface area contributed by atoms with Gasteiger partial charge in [0.05, 0.1) is 11.4 Å². The Morgan fingerprint density at radius 1 is 0.750 bits per heavy atom. The molecule has 0 saturated heterocycles. The van der Waals surface area contributed by atoms with Crippen LogP contribution in [0.15, 0.2) is 48.5 Å². The molecule has 4 aromatic rings. The molecule has 48 heavy (non-hydrogen) atoms. The van der Waals surface area contributed by atoms with E-state index >= 15 is 0 Å². The van der Waals surface area contributed by atoms with Gasteiger partial charge < -0.3 is 27.4 Å². The average Bonchev–Trinajstić information content (AvgIpc) is 3.58. The van der Waals surface area contributed by atoms with Crippen LogP contribution in [0.5, 0.6) is 0 Å². The minimum Gasteiger partial charge on any atom is -0.399 e. The summed E-state index contributed by atoms with van der Waals surface area (Å²) < 4.78 is 0. The Hall–Kier alpha value is -4.43. The van der Waals surface area contributed by atoms with Crippen LogP contribution in [-0.4, -0.2) is 54.8 Å². The van der Waals surface area contributed by atoms with Crippen LogP contribution in [-0.2, 0) is 35.5 Å². The number of nitrogen functional groups attached to an aromatic ring is 2. The number of nitrogens with zero attached hydrogens (tertiary/aromatic N) is 2. The number of nitrogens with one attached hydrogen (secondary N) is 4. The van der Waals surface area contributed by atoms with Gasteiger partial charge in [0.2, 0.25) is 12.8 Å². The van der Waals surface area contributed by atoms with Crippen molar-refractivity contribution in [2.75, 3.05) is 58.9 Å². The lowest BCUT2D eigenvalue weighted by Crippen LogP contribution is -2.29. The molecule has 11 nitrogen and oxygen atoms in total. The minimum atomic E-state index is -0.316. The molecule has 2 aliphatic rings. The van der Waals surface area contributed by atoms with Gasteiger partial charge in [0.1, 0.15) is 10.0 Å². The van der Waals surface area contributed by atoms with Crippen LogP contribution in [0, 0.1) is 13.8 Å². The number of carbonyl (C=O) groups excluding carboxylic acids is 3. The number of nitrogens with two attached hydrogens (primary N) is 2. The maximum Gasteiger partial charge on any atom is 0.324 e. The number of anilines is 6. The smallest absolute Gasteiger partial charge is 0.324 e. The molecule has 0 aliphatic carbocycles. The van der Waals surface area contributed by atoms with Gasteiger partial charge in [0.25, 0.3) is 0 Å². The predicted molar refractivity (Wildman–Crippen MR) is 201 cm³/mol. The first kappa shape index (κ1) is 36.4. The number of thiophene rings is 2. The summed E-state index contributed by atoms with van der Waals surface area (Å²) in [6.07, 6.45) is 3.21. The molecular weight excluding hydrogens is 645 g/mol. The van der Waals surface area contributed by atoms with Crippen LogP contribution < -0.4 is 32.7 Å². The predicted octanol–water partition coefficient (Wildman–Crippen LogP) is 6.50. The van der Waals surface area contributed by atoms with E-state index in [0.717, 1.165) is 91.0 Å². The first-order valence-corrected chi connectivity index (χ1v) is 17.6. The molecule has 6 rings (SSSR count). The number of urea groups is 1. The molecule has 2 aromatic heterocycles. The standard InChI is InChI=1S/C18H22N4O2S.C10H15N3OS.C7H9N/c1-3-22-9-8-14-15(10-22)25-17(16(14)19-11-23)21-18(24)20-13-6-4-12(2)5-7-13;1-2-13-4-3-7-8(5-13)15-10(11)9(7)12-6-14;1-6-2-4-7(8)5-3-6/h4-7,11H,3,8-10H2,1-2H3,(H,19,23)(H2,20,21,24);6H,2-5,11H2,1H3,(H,12,14);2-5H,8H2,1H3. The Bertz CT molecular complexity index is 1650. The topological polar surface area (TPSA) is 158 Å². The lowest BCUT2D eigenvalue weighted by Gasteiger charge is -2.25. The van der Waals surface area contributed by atoms with Gasteiger partial charge in [-0.25, -0.2) is 4.79 Å². The van der Waals surface area contributed by atoms with Crippen molar-refractivity contribution in [1.82, 2.24) is 9.80 Å². The molecule has 256 valence electrons. The van der Waals surface area contributed by atoms with Crippen molar-refractivity contribution in [3.8, 4) is 0 Å². The van der Waals surface area contributed by atoms with E-state index in [4.69, 9.17) is 11.5 Å². The van der Waals surface area contributed by atoms with E-state index in [-0.39, 0.29) is 6.03 Å². The number of amides is 4. The summed E-state index contributed by atoms with van der Waals surface area (Å²) in [5.74, 6) is 0. The summed E-state index contributed by atoms with van der Waals surface area (Å²) in [4.78, 5) is 41.0. The van der Waals surface area contributed by atoms with E-state index in [1.54, 1.807) is 11.3 Å². The van der Waals surface area contributed by atoms with E-state index in [1.165, 1.54) is 32.2 Å². The highest BCUT2D eigenvalue weighted by atomic mass is 32.1. The second-order valence-electron chi connectivity index (χ2n) is 11.6. The number of hydrogen-bond acceptors (Lipinski definition) is 9. The SMILES string of the molecule is CCN1CCc2c(sc(N)c2NC=O)C1.CCN1CCc2c(sc(NC(=O)Nc3ccc(C)cc3)c2NC=O)C1.Cc1ccc(N)cc1. The first-order valence-electron chi connectivity index (χ1n) is 16.0. The van der Waals surface area contributed by atoms with Crippen LogP contribution in [0.4, 0.5) is 37.5 Å². The highest BCUT2D eigenvalue weighted by Gasteiger charge is 2.25. The van der Waals surface area contributed by atoms with Gasteiger partial charge in [0, 0.05) is 47.3 Å². The molecule has 4 heterocycles. The lowest BCUT2D eigenvalue weighted by atomic mass is 10.1. The first-order chi connectivity index (χ1) is 23.1. The summed E-state index contributed by atoms with van der Waals surface area (Å²) in [5, 5.41) is 12.6. The second kappa shape index (κ2) is 17.6. The van der Waals surface area contributed by atoms with Crippen molar-refractivity contribution in [2.45, 2.75) is 53.6 Å². The van der Waals surface area contributed by atoms with E-state index in [9.17, 15) is 14.4 Å². The Morgan fingerprint density at radius 2 is 1.25 bits per heavy atom. The van der Waals surface area contributed by atoms with Crippen LogP contribution in [0.1, 0.15) is 45.9 Å². The van der Waals surface area contributed by atoms with E-state index < -0.39 is 0 Å². The van der Waals surface area contributed by atoms with Crippen LogP contribution >= 0.6 is 22.7 Å². The molecule has 0 bridgehead atoms. The van der Waals surface area contributed by atoms with Crippen LogP contribution in [0.2, 0.25) is 0 Å². The maximum atomic E-state index is 12.3. The van der Waals surface area contributed by atoms with E-state index in [2.05, 4.69) is 44.9 Å². The zero-order valence-corrected chi connectivity index (χ0v) is 29.7. The monoisotopic (exact) mass is 690 g/mol. The second-order valence-corrected chi connectivity index (χ2v) is 13.8. The van der Waals surface area contributed by atoms with Gasteiger partial charge in [-0.2, -0.15) is 0 Å². The molecule has 0 fully saturated rings. The molecule has 8 N–H and O–H groups in total. The van der Waals surface area contributed by atoms with Crippen molar-refractivity contribution < 1.29 is 14.4 Å². The third kappa shape index (κ3) is 9.80. The third-order valence-corrected chi connectivity index (χ3v) is 10.4. The van der Waals surface area contributed by atoms with Crippen LogP contribution in [0.25, 0.3) is 0 Å². The number of fused-ring (bicyclic) bond motifs is 2. The molecule has 0 saturated carbocycles. The molecule has 0 unspecified atom stereocenters. The highest BCUT2D eigenvalue weighted by molar-refractivity contribution is 7.17. The average molecular weight is 691 g/mol. The third-order valence-electron chi connectivity index (χ3n) is 8.21. The van der Waals surface area contributed by atoms with Crippen molar-refractivity contribution in [2.24, 2.45) is 0 Å². The van der Waals surface area contributed by atoms with Gasteiger partial charge in [-0.05, 0) is 75.2 Å². The van der Waals surface area contributed by atoms with Crippen molar-refractivity contribution >= 4 is 74.3 Å². The molecule has 0 atom stereocenters. The summed E-state index contributed by atoms with van der Waals surface area (Å²) in [6.45, 7) is 14.2. The van der Waals surface area contributed by atoms with Gasteiger partial charge in [-0.3, -0.25) is 24.7 Å². The van der Waals surface area contributed by atoms with Gasteiger partial charge in [0.15, 0.2) is 0 Å². The number of likely N-dealkylation sites (N-methyl/N-ethyl adjacent to an activating group) is 2. The Labute approximate surface area is 290 Å². The molecule has 2 aromatic carbocycles. The fraction of sp³-hybridized carbons (Fsp3) is 0.343. The van der Waals surface area contributed by atoms with Crippen molar-refractivity contribution in [1.29, 1.82) is 0 Å². The normalized spacial score (nSPS) is 13.8. The summed E-state index contributed by atoms with van der Waals surface area (Å²) in [5.41, 5.74) is 19.2. The number of hydrogen-bond donors (Lipinski definition) is 6. The number of aryl methyl sites for hydroxylation is 2. The number of rotatable bonds is 8. The molecular formula is C35H46N8O3S2. The number of carbonyl (C=O) groups is 3. The largest absolute Gasteiger partial charge is 0.399 e. The van der Waals surface area contributed by atoms with Gasteiger partial charge >= 0.3 is 6.03 Å². The number of benzene rings is 2. The lowest BCUT2D eigenvalue weighted by molar-refractivity contribution is -0.106. The summed E-state index contributed by atoms with van der Waals surface area (Å²) in [6, 6.07) is 15.1. The van der Waals surface area contributed by atoms with E-state index in [1.807, 2.05) is 62.4 Å². The zero-order valence-electron chi connectivity index (χ0n) is 28.0. The van der Waals surface area contributed by atoms with Crippen molar-refractivity contribution in [3.05, 3.63) is 80.5 Å². The summed E-state index contributed by atoms with van der Waals surface area (Å²) in [7, 11) is 0. The molecule has 13 heteroatoms.